The number of fused-ring (bicyclic) bond motifs is 2. The molecule has 29 nitrogen and oxygen atoms in total. The lowest BCUT2D eigenvalue weighted by Gasteiger charge is -2.26. The lowest BCUT2D eigenvalue weighted by Crippen LogP contribution is -2.29. The zero-order valence-corrected chi connectivity index (χ0v) is 50.5. The summed E-state index contributed by atoms with van der Waals surface area (Å²) in [6, 6.07) is 27.9. The topological polar surface area (TPSA) is 359 Å². The van der Waals surface area contributed by atoms with E-state index in [4.69, 9.17) is 23.8 Å². The number of carbonyl (C=O) groups excluding carboxylic acids is 2. The lowest BCUT2D eigenvalue weighted by atomic mass is 10.2. The zero-order chi connectivity index (χ0) is 63.0. The zero-order valence-electron chi connectivity index (χ0n) is 48.8. The average Bonchev–Trinajstić information content (AvgIpc) is 2.86. The molecule has 0 aliphatic rings. The summed E-state index contributed by atoms with van der Waals surface area (Å²) in [6.07, 6.45) is 7.17. The van der Waals surface area contributed by atoms with Crippen LogP contribution in [0.4, 0.5) is 46.0 Å². The number of methoxy groups -OCH3 is 2. The summed E-state index contributed by atoms with van der Waals surface area (Å²) >= 11 is 0. The molecule has 0 spiro atoms. The number of amides is 2. The monoisotopic (exact) mass is 1210 g/mol. The highest BCUT2D eigenvalue weighted by Gasteiger charge is 2.20. The Bertz CT molecular complexity index is 3580. The molecule has 0 aliphatic carbocycles. The van der Waals surface area contributed by atoms with Gasteiger partial charge in [0.05, 0.1) is 78.0 Å². The molecule has 0 saturated heterocycles. The molecule has 0 atom stereocenters. The average molecular weight is 1210 g/mol. The number of nitrogens with zero attached hydrogens (tertiary/aromatic N) is 15. The molecule has 4 heterocycles. The van der Waals surface area contributed by atoms with Crippen LogP contribution in [0, 0.1) is 11.3 Å². The van der Waals surface area contributed by atoms with E-state index in [0.717, 1.165) is 59.6 Å². The highest BCUT2D eigenvalue weighted by Crippen LogP contribution is 2.39. The number of hydrogen-bond donors (Lipinski definition) is 6. The van der Waals surface area contributed by atoms with Crippen molar-refractivity contribution in [2.45, 2.75) is 6.92 Å². The molecule has 0 aliphatic heterocycles. The van der Waals surface area contributed by atoms with Gasteiger partial charge in [0.25, 0.3) is 20.2 Å². The first-order valence-corrected chi connectivity index (χ1v) is 28.9. The second kappa shape index (κ2) is 32.2. The molecular weight excluding hydrogens is 1140 g/mol. The van der Waals surface area contributed by atoms with Gasteiger partial charge in [-0.25, -0.2) is 9.97 Å². The Morgan fingerprint density at radius 1 is 0.612 bits per heavy atom. The Morgan fingerprint density at radius 2 is 0.953 bits per heavy atom. The Kier molecular flexibility index (Phi) is 25.7. The van der Waals surface area contributed by atoms with Crippen LogP contribution in [0.25, 0.3) is 33.7 Å². The van der Waals surface area contributed by atoms with Crippen LogP contribution in [0.2, 0.25) is 0 Å². The Balaban J connectivity index is 0.000000302. The van der Waals surface area contributed by atoms with Gasteiger partial charge in [-0.15, -0.1) is 10.2 Å². The van der Waals surface area contributed by atoms with Gasteiger partial charge in [0.15, 0.2) is 11.6 Å². The number of aromatic nitrogens is 10. The van der Waals surface area contributed by atoms with Gasteiger partial charge in [0, 0.05) is 83.9 Å². The maximum absolute atomic E-state index is 12.2. The highest BCUT2D eigenvalue weighted by molar-refractivity contribution is 7.85. The van der Waals surface area contributed by atoms with Crippen LogP contribution in [-0.2, 0) is 29.8 Å². The van der Waals surface area contributed by atoms with E-state index >= 15 is 0 Å². The second-order valence-corrected chi connectivity index (χ2v) is 21.3. The smallest absolute Gasteiger partial charge is 0.261 e. The van der Waals surface area contributed by atoms with E-state index in [1.165, 1.54) is 19.1 Å². The van der Waals surface area contributed by atoms with Crippen LogP contribution < -0.4 is 40.5 Å². The van der Waals surface area contributed by atoms with Crippen molar-refractivity contribution in [2.24, 2.45) is 0 Å². The number of para-hydroxylation sites is 2. The molecule has 452 valence electrons. The van der Waals surface area contributed by atoms with Gasteiger partial charge >= 0.3 is 0 Å². The SMILES string of the molecule is C=CC(=O)Nc1cc(Nc2nccc(-n3nnc4ccccc43)n2)c(OC)cc1N(C)CCN(C)C.C=CC(=O)Nc1cc(Nc2nccc(-n3nnc4ccccc43)n2)c(OC)cc1N(C)CCN(C)C.CC#N.CS(=O)(=O)O.CS(=O)(=O)O. The Labute approximate surface area is 493 Å². The molecule has 6 N–H and O–H groups in total. The summed E-state index contributed by atoms with van der Waals surface area (Å²) in [6.45, 7) is 11.7. The summed E-state index contributed by atoms with van der Waals surface area (Å²) < 4.78 is 66.4. The van der Waals surface area contributed by atoms with Gasteiger partial charge < -0.3 is 50.3 Å². The van der Waals surface area contributed by atoms with Crippen LogP contribution >= 0.6 is 0 Å². The number of nitrogens with one attached hydrogen (secondary N) is 4. The number of benzene rings is 4. The van der Waals surface area contributed by atoms with E-state index < -0.39 is 20.2 Å². The number of ether oxygens (including phenoxy) is 2. The van der Waals surface area contributed by atoms with Crippen molar-refractivity contribution in [3.8, 4) is 29.2 Å². The molecule has 8 aromatic rings. The molecule has 0 radical (unpaired) electrons. The molecule has 0 bridgehead atoms. The van der Waals surface area contributed by atoms with Crippen LogP contribution in [-0.4, -0.2) is 193 Å². The van der Waals surface area contributed by atoms with Crippen molar-refractivity contribution < 1.29 is 45.0 Å². The van der Waals surface area contributed by atoms with Gasteiger partial charge in [0.1, 0.15) is 22.5 Å². The van der Waals surface area contributed by atoms with Crippen LogP contribution in [0.5, 0.6) is 11.5 Å². The Morgan fingerprint density at radius 3 is 1.27 bits per heavy atom. The molecular formula is C54H69N19O10S2. The van der Waals surface area contributed by atoms with Gasteiger partial charge in [-0.3, -0.25) is 18.7 Å². The number of hydrogen-bond acceptors (Lipinski definition) is 23. The number of anilines is 8. The number of rotatable bonds is 20. The highest BCUT2D eigenvalue weighted by atomic mass is 32.2. The van der Waals surface area contributed by atoms with E-state index in [-0.39, 0.29) is 11.8 Å². The second-order valence-electron chi connectivity index (χ2n) is 18.4. The molecule has 2 amide bonds. The summed E-state index contributed by atoms with van der Waals surface area (Å²) in [4.78, 5) is 50.6. The fourth-order valence-electron chi connectivity index (χ4n) is 7.18. The van der Waals surface area contributed by atoms with Crippen LogP contribution in [0.15, 0.2) is 123 Å². The summed E-state index contributed by atoms with van der Waals surface area (Å²) in [5.41, 5.74) is 7.18. The molecule has 4 aromatic heterocycles. The maximum atomic E-state index is 12.2. The first-order chi connectivity index (χ1) is 40.2. The van der Waals surface area contributed by atoms with Crippen LogP contribution in [0.1, 0.15) is 6.92 Å². The van der Waals surface area contributed by atoms with Crippen LogP contribution in [0.3, 0.4) is 0 Å². The normalized spacial score (nSPS) is 10.7. The summed E-state index contributed by atoms with van der Waals surface area (Å²) in [5.74, 6) is 2.28. The lowest BCUT2D eigenvalue weighted by molar-refractivity contribution is -0.112. The molecule has 31 heteroatoms. The van der Waals surface area contributed by atoms with Crippen molar-refractivity contribution in [1.82, 2.24) is 59.7 Å². The molecule has 0 fully saturated rings. The van der Waals surface area contributed by atoms with Gasteiger partial charge in [-0.1, -0.05) is 47.9 Å². The molecule has 8 rings (SSSR count). The minimum absolute atomic E-state index is 0.315. The van der Waals surface area contributed by atoms with E-state index in [9.17, 15) is 26.4 Å². The number of nitriles is 1. The van der Waals surface area contributed by atoms with Crippen molar-refractivity contribution in [3.63, 3.8) is 0 Å². The molecule has 4 aromatic carbocycles. The summed E-state index contributed by atoms with van der Waals surface area (Å²) in [7, 11) is 7.82. The van der Waals surface area contributed by atoms with E-state index in [1.807, 2.05) is 103 Å². The first-order valence-electron chi connectivity index (χ1n) is 25.2. The standard InChI is InChI=1S/2C25H29N9O2.C2H3N.2CH4O3S/c2*1-6-24(35)27-18-15-19(22(36-5)16-21(18)33(4)14-13-32(2)3)28-25-26-12-11-23(29-25)34-20-10-8-7-9-17(20)30-31-34;1-2-3;2*1-5(2,3)4/h2*6-12,15-16H,1,13-14H2,2-5H3,(H,27,35)(H,26,28,29);1H3;2*1H3,(H,2,3,4). The van der Waals surface area contributed by atoms with Crippen molar-refractivity contribution in [1.29, 1.82) is 5.26 Å². The number of carbonyl (C=O) groups is 2. The third kappa shape index (κ3) is 22.2. The largest absolute Gasteiger partial charge is 0.494 e. The van der Waals surface area contributed by atoms with E-state index in [2.05, 4.69) is 94.6 Å². The minimum Gasteiger partial charge on any atom is -0.494 e. The van der Waals surface area contributed by atoms with Gasteiger partial charge in [-0.05, 0) is 76.7 Å². The van der Waals surface area contributed by atoms with E-state index in [1.54, 1.807) is 66.3 Å². The minimum atomic E-state index is -3.67. The maximum Gasteiger partial charge on any atom is 0.261 e. The van der Waals surface area contributed by atoms with Crippen molar-refractivity contribution in [3.05, 3.63) is 123 Å². The molecule has 85 heavy (non-hydrogen) atoms. The fourth-order valence-corrected chi connectivity index (χ4v) is 7.18. The van der Waals surface area contributed by atoms with Crippen molar-refractivity contribution >= 4 is 100 Å². The Hall–Kier alpha value is -9.71. The first kappa shape index (κ1) is 67.8. The quantitative estimate of drug-likeness (QED) is 0.0393. The molecule has 0 saturated carbocycles. The fraction of sp³-hybridized carbons (Fsp3) is 0.278. The van der Waals surface area contributed by atoms with Gasteiger partial charge in [-0.2, -0.15) is 41.4 Å². The van der Waals surface area contributed by atoms with Gasteiger partial charge in [0.2, 0.25) is 23.7 Å². The predicted molar refractivity (Wildman–Crippen MR) is 329 cm³/mol. The number of likely N-dealkylation sites (N-methyl/N-ethyl adjacent to an activating group) is 4. The third-order valence-electron chi connectivity index (χ3n) is 11.0. The predicted octanol–water partition coefficient (Wildman–Crippen LogP) is 5.71. The third-order valence-corrected chi connectivity index (χ3v) is 11.0. The van der Waals surface area contributed by atoms with Crippen molar-refractivity contribution in [2.75, 3.05) is 126 Å². The summed E-state index contributed by atoms with van der Waals surface area (Å²) in [5, 5.41) is 36.3. The van der Waals surface area contributed by atoms with E-state index in [0.29, 0.717) is 70.3 Å². The molecule has 0 unspecified atom stereocenters.